The molecule has 0 heterocycles. The fourth-order valence-corrected chi connectivity index (χ4v) is 6.20. The summed E-state index contributed by atoms with van der Waals surface area (Å²) in [5, 5.41) is 6.61. The van der Waals surface area contributed by atoms with Gasteiger partial charge in [0, 0.05) is 17.4 Å². The fraction of sp³-hybridized carbons (Fsp3) is 0.250. The van der Waals surface area contributed by atoms with E-state index in [4.69, 9.17) is 4.74 Å². The van der Waals surface area contributed by atoms with Gasteiger partial charge in [0.15, 0.2) is 0 Å². The van der Waals surface area contributed by atoms with Gasteiger partial charge < -0.3 is 4.74 Å². The van der Waals surface area contributed by atoms with E-state index in [1.165, 1.54) is 49.4 Å². The molecule has 26 heavy (non-hydrogen) atoms. The molecule has 3 aliphatic rings. The molecule has 2 heteroatoms. The Morgan fingerprint density at radius 2 is 1.69 bits per heavy atom. The van der Waals surface area contributed by atoms with Crippen LogP contribution >= 0.6 is 15.9 Å². The molecule has 2 atom stereocenters. The molecule has 0 unspecified atom stereocenters. The van der Waals surface area contributed by atoms with Gasteiger partial charge in [0.1, 0.15) is 6.10 Å². The molecule has 0 spiro atoms. The van der Waals surface area contributed by atoms with E-state index in [1.807, 2.05) is 0 Å². The SMILES string of the molecule is CCO[C@@H]1C=C2C=Cc3ccc4ccc5ccc1c1c5c4c3[C@]21CCBr. The zero-order valence-electron chi connectivity index (χ0n) is 14.7. The van der Waals surface area contributed by atoms with Crippen molar-refractivity contribution in [1.29, 1.82) is 0 Å². The number of halogens is 1. The highest BCUT2D eigenvalue weighted by atomic mass is 79.9. The number of rotatable bonds is 4. The van der Waals surface area contributed by atoms with Gasteiger partial charge in [0.25, 0.3) is 0 Å². The lowest BCUT2D eigenvalue weighted by Crippen LogP contribution is -2.35. The van der Waals surface area contributed by atoms with Crippen molar-refractivity contribution < 1.29 is 4.74 Å². The van der Waals surface area contributed by atoms with Gasteiger partial charge in [-0.05, 0) is 68.8 Å². The Labute approximate surface area is 161 Å². The van der Waals surface area contributed by atoms with Gasteiger partial charge >= 0.3 is 0 Å². The Balaban J connectivity index is 1.88. The standard InChI is InChI=1S/C24H19BrO/c1-2-26-19-13-17-9-7-16-6-5-14-3-4-15-8-10-18(19)23-21(15)20(14)22(16)24(17,23)11-12-25/h3-10,13,19H,2,11-12H2,1H3/t19-,24+/m1/s1. The van der Waals surface area contributed by atoms with Crippen LogP contribution in [0.25, 0.3) is 27.6 Å². The van der Waals surface area contributed by atoms with Gasteiger partial charge in [-0.15, -0.1) is 0 Å². The smallest absolute Gasteiger partial charge is 0.102 e. The molecule has 0 radical (unpaired) electrons. The average Bonchev–Trinajstić information content (AvgIpc) is 2.98. The van der Waals surface area contributed by atoms with E-state index >= 15 is 0 Å². The summed E-state index contributed by atoms with van der Waals surface area (Å²) < 4.78 is 6.16. The van der Waals surface area contributed by atoms with Gasteiger partial charge in [0.05, 0.1) is 0 Å². The highest BCUT2D eigenvalue weighted by Gasteiger charge is 2.50. The average molecular weight is 403 g/mol. The lowest BCUT2D eigenvalue weighted by molar-refractivity contribution is 0.0928. The second-order valence-electron chi connectivity index (χ2n) is 7.50. The normalized spacial score (nSPS) is 24.2. The number of hydrogen-bond acceptors (Lipinski definition) is 1. The molecule has 128 valence electrons. The van der Waals surface area contributed by atoms with Crippen LogP contribution in [-0.2, 0) is 10.2 Å². The van der Waals surface area contributed by atoms with Crippen LogP contribution in [0.3, 0.4) is 0 Å². The van der Waals surface area contributed by atoms with Crippen molar-refractivity contribution >= 4 is 43.6 Å². The molecule has 3 aromatic rings. The summed E-state index contributed by atoms with van der Waals surface area (Å²) >= 11 is 3.76. The first-order valence-electron chi connectivity index (χ1n) is 9.41. The molecular weight excluding hydrogens is 384 g/mol. The zero-order valence-corrected chi connectivity index (χ0v) is 16.3. The summed E-state index contributed by atoms with van der Waals surface area (Å²) in [5.41, 5.74) is 7.13. The van der Waals surface area contributed by atoms with E-state index in [-0.39, 0.29) is 11.5 Å². The topological polar surface area (TPSA) is 9.23 Å². The lowest BCUT2D eigenvalue weighted by atomic mass is 9.62. The third-order valence-corrected chi connectivity index (χ3v) is 6.87. The van der Waals surface area contributed by atoms with E-state index in [1.54, 1.807) is 0 Å². The van der Waals surface area contributed by atoms with Crippen molar-refractivity contribution in [2.24, 2.45) is 0 Å². The Kier molecular flexibility index (Phi) is 2.97. The van der Waals surface area contributed by atoms with Crippen LogP contribution in [0.1, 0.15) is 41.7 Å². The lowest BCUT2D eigenvalue weighted by Gasteiger charge is -2.42. The predicted octanol–water partition coefficient (Wildman–Crippen LogP) is 6.42. The first-order valence-corrected chi connectivity index (χ1v) is 10.5. The molecule has 0 aliphatic heterocycles. The second-order valence-corrected chi connectivity index (χ2v) is 8.29. The van der Waals surface area contributed by atoms with Crippen LogP contribution in [0.4, 0.5) is 0 Å². The summed E-state index contributed by atoms with van der Waals surface area (Å²) in [6.07, 6.45) is 8.12. The number of hydrogen-bond donors (Lipinski definition) is 0. The van der Waals surface area contributed by atoms with Crippen LogP contribution in [0.15, 0.2) is 54.1 Å². The Hall–Kier alpha value is -1.90. The first-order chi connectivity index (χ1) is 12.8. The molecule has 0 bridgehead atoms. The monoisotopic (exact) mass is 402 g/mol. The molecule has 3 aliphatic carbocycles. The van der Waals surface area contributed by atoms with E-state index < -0.39 is 0 Å². The molecule has 0 fully saturated rings. The number of ether oxygens (including phenoxy) is 1. The van der Waals surface area contributed by atoms with E-state index in [9.17, 15) is 0 Å². The maximum atomic E-state index is 6.16. The highest BCUT2D eigenvalue weighted by Crippen LogP contribution is 2.61. The third kappa shape index (κ3) is 1.57. The minimum Gasteiger partial charge on any atom is -0.370 e. The minimum absolute atomic E-state index is 0.0285. The molecule has 1 nitrogen and oxygen atoms in total. The van der Waals surface area contributed by atoms with Crippen molar-refractivity contribution in [3.05, 3.63) is 76.4 Å². The summed E-state index contributed by atoms with van der Waals surface area (Å²) in [7, 11) is 0. The van der Waals surface area contributed by atoms with Crippen molar-refractivity contribution in [2.75, 3.05) is 11.9 Å². The maximum absolute atomic E-state index is 6.16. The summed E-state index contributed by atoms with van der Waals surface area (Å²) in [4.78, 5) is 0. The number of allylic oxidation sites excluding steroid dienone is 2. The molecule has 0 aromatic heterocycles. The quantitative estimate of drug-likeness (QED) is 0.361. The zero-order chi connectivity index (χ0) is 17.5. The Bertz CT molecular complexity index is 1170. The molecule has 6 rings (SSSR count). The molecular formula is C24H19BrO. The minimum atomic E-state index is -0.0285. The van der Waals surface area contributed by atoms with Gasteiger partial charge in [-0.3, -0.25) is 0 Å². The van der Waals surface area contributed by atoms with Gasteiger partial charge in [-0.25, -0.2) is 0 Å². The van der Waals surface area contributed by atoms with Crippen molar-refractivity contribution in [1.82, 2.24) is 0 Å². The Morgan fingerprint density at radius 3 is 2.46 bits per heavy atom. The van der Waals surface area contributed by atoms with E-state index in [0.717, 1.165) is 18.4 Å². The van der Waals surface area contributed by atoms with Crippen molar-refractivity contribution in [2.45, 2.75) is 24.9 Å². The van der Waals surface area contributed by atoms with E-state index in [2.05, 4.69) is 77.5 Å². The predicted molar refractivity (Wildman–Crippen MR) is 112 cm³/mol. The largest absolute Gasteiger partial charge is 0.370 e. The van der Waals surface area contributed by atoms with Gasteiger partial charge in [0.2, 0.25) is 0 Å². The molecule has 0 amide bonds. The maximum Gasteiger partial charge on any atom is 0.102 e. The van der Waals surface area contributed by atoms with Crippen molar-refractivity contribution in [3.8, 4) is 0 Å². The molecule has 3 aromatic carbocycles. The summed E-state index contributed by atoms with van der Waals surface area (Å²) in [6.45, 7) is 2.81. The third-order valence-electron chi connectivity index (χ3n) is 6.47. The van der Waals surface area contributed by atoms with Crippen LogP contribution in [0.2, 0.25) is 0 Å². The fourth-order valence-electron chi connectivity index (χ4n) is 5.60. The van der Waals surface area contributed by atoms with Crippen LogP contribution in [0, 0.1) is 0 Å². The second kappa shape index (κ2) is 5.09. The first kappa shape index (κ1) is 15.2. The highest BCUT2D eigenvalue weighted by molar-refractivity contribution is 9.09. The van der Waals surface area contributed by atoms with Crippen molar-refractivity contribution in [3.63, 3.8) is 0 Å². The summed E-state index contributed by atoms with van der Waals surface area (Å²) in [5.74, 6) is 0. The molecule has 0 saturated carbocycles. The number of benzene rings is 3. The van der Waals surface area contributed by atoms with Gasteiger partial charge in [-0.1, -0.05) is 64.5 Å². The Morgan fingerprint density at radius 1 is 0.962 bits per heavy atom. The molecule has 0 saturated heterocycles. The number of alkyl halides is 1. The van der Waals surface area contributed by atoms with Crippen LogP contribution in [-0.4, -0.2) is 11.9 Å². The van der Waals surface area contributed by atoms with Crippen LogP contribution in [0.5, 0.6) is 0 Å². The van der Waals surface area contributed by atoms with Crippen LogP contribution < -0.4 is 0 Å². The van der Waals surface area contributed by atoms with Gasteiger partial charge in [-0.2, -0.15) is 0 Å². The molecule has 0 N–H and O–H groups in total. The van der Waals surface area contributed by atoms with E-state index in [0.29, 0.717) is 0 Å². The summed E-state index contributed by atoms with van der Waals surface area (Å²) in [6, 6.07) is 13.7.